The molecule has 0 spiro atoms. The Hall–Kier alpha value is -1.55. The molecule has 1 aromatic carbocycles. The fourth-order valence-corrected chi connectivity index (χ4v) is 1.19. The first-order valence-corrected chi connectivity index (χ1v) is 4.88. The van der Waals surface area contributed by atoms with Gasteiger partial charge in [0.15, 0.2) is 0 Å². The molecule has 4 nitrogen and oxygen atoms in total. The number of aromatic hydroxyl groups is 1. The molecule has 0 aliphatic carbocycles. The van der Waals surface area contributed by atoms with Crippen molar-refractivity contribution in [1.29, 1.82) is 0 Å². The maximum Gasteiger partial charge on any atom is 0.251 e. The van der Waals surface area contributed by atoms with Crippen molar-refractivity contribution >= 4 is 5.91 Å². The summed E-state index contributed by atoms with van der Waals surface area (Å²) in [6, 6.07) is 5.86. The molecule has 0 radical (unpaired) electrons. The number of aliphatic hydroxyl groups is 1. The van der Waals surface area contributed by atoms with Gasteiger partial charge in [-0.05, 0) is 24.6 Å². The summed E-state index contributed by atoms with van der Waals surface area (Å²) in [5.41, 5.74) is 0.391. The van der Waals surface area contributed by atoms with Crippen molar-refractivity contribution in [2.24, 2.45) is 0 Å². The van der Waals surface area contributed by atoms with Crippen molar-refractivity contribution < 1.29 is 15.0 Å². The summed E-state index contributed by atoms with van der Waals surface area (Å²) in [5.74, 6) is -0.230. The van der Waals surface area contributed by atoms with Gasteiger partial charge in [0.2, 0.25) is 0 Å². The van der Waals surface area contributed by atoms with Crippen molar-refractivity contribution in [2.75, 3.05) is 6.61 Å². The molecule has 0 aromatic heterocycles. The number of carbonyl (C=O) groups is 1. The van der Waals surface area contributed by atoms with E-state index in [0.29, 0.717) is 12.0 Å². The van der Waals surface area contributed by atoms with Crippen LogP contribution in [-0.4, -0.2) is 28.8 Å². The van der Waals surface area contributed by atoms with E-state index < -0.39 is 0 Å². The molecule has 3 N–H and O–H groups in total. The zero-order chi connectivity index (χ0) is 11.3. The highest BCUT2D eigenvalue weighted by molar-refractivity contribution is 5.94. The molecular weight excluding hydrogens is 194 g/mol. The number of carbonyl (C=O) groups excluding carboxylic acids is 1. The molecule has 4 heteroatoms. The van der Waals surface area contributed by atoms with E-state index in [1.807, 2.05) is 6.92 Å². The lowest BCUT2D eigenvalue weighted by Gasteiger charge is -2.13. The fraction of sp³-hybridized carbons (Fsp3) is 0.364. The highest BCUT2D eigenvalue weighted by Crippen LogP contribution is 2.10. The van der Waals surface area contributed by atoms with Crippen LogP contribution in [0.15, 0.2) is 24.3 Å². The Morgan fingerprint density at radius 2 is 2.27 bits per heavy atom. The minimum absolute atomic E-state index is 0.0553. The molecule has 0 saturated carbocycles. The second-order valence-corrected chi connectivity index (χ2v) is 3.31. The third-order valence-electron chi connectivity index (χ3n) is 2.16. The topological polar surface area (TPSA) is 69.6 Å². The van der Waals surface area contributed by atoms with Crippen LogP contribution >= 0.6 is 0 Å². The molecule has 1 atom stereocenters. The van der Waals surface area contributed by atoms with Gasteiger partial charge >= 0.3 is 0 Å². The third kappa shape index (κ3) is 3.25. The van der Waals surface area contributed by atoms with Crippen molar-refractivity contribution in [3.05, 3.63) is 29.8 Å². The van der Waals surface area contributed by atoms with Crippen LogP contribution < -0.4 is 5.32 Å². The number of phenols is 1. The summed E-state index contributed by atoms with van der Waals surface area (Å²) in [6.45, 7) is 1.80. The predicted octanol–water partition coefficient (Wildman–Crippen LogP) is 0.893. The smallest absolute Gasteiger partial charge is 0.251 e. The number of phenolic OH excluding ortho intramolecular Hbond substituents is 1. The SMILES string of the molecule is CC[C@@H](CO)NC(=O)c1cccc(O)c1. The Bertz CT molecular complexity index is 334. The molecule has 0 aliphatic rings. The lowest BCUT2D eigenvalue weighted by Crippen LogP contribution is -2.36. The lowest BCUT2D eigenvalue weighted by atomic mass is 10.1. The molecule has 0 unspecified atom stereocenters. The van der Waals surface area contributed by atoms with E-state index >= 15 is 0 Å². The van der Waals surface area contributed by atoms with Gasteiger partial charge in [0.1, 0.15) is 5.75 Å². The van der Waals surface area contributed by atoms with Gasteiger partial charge in [0.25, 0.3) is 5.91 Å². The standard InChI is InChI=1S/C11H15NO3/c1-2-9(7-13)12-11(15)8-4-3-5-10(14)6-8/h3-6,9,13-14H,2,7H2,1H3,(H,12,15)/t9-/m0/s1. The number of rotatable bonds is 4. The van der Waals surface area contributed by atoms with Crippen LogP contribution in [0.3, 0.4) is 0 Å². The quantitative estimate of drug-likeness (QED) is 0.689. The van der Waals surface area contributed by atoms with Crippen molar-refractivity contribution in [2.45, 2.75) is 19.4 Å². The number of nitrogens with one attached hydrogen (secondary N) is 1. The minimum atomic E-state index is -0.285. The Kier molecular flexibility index (Phi) is 4.12. The summed E-state index contributed by atoms with van der Waals surface area (Å²) in [4.78, 5) is 11.6. The number of hydrogen-bond acceptors (Lipinski definition) is 3. The molecule has 0 aliphatic heterocycles. The first-order valence-electron chi connectivity index (χ1n) is 4.88. The Morgan fingerprint density at radius 3 is 2.80 bits per heavy atom. The van der Waals surface area contributed by atoms with Crippen molar-refractivity contribution in [1.82, 2.24) is 5.32 Å². The van der Waals surface area contributed by atoms with Crippen molar-refractivity contribution in [3.8, 4) is 5.75 Å². The van der Waals surface area contributed by atoms with Crippen LogP contribution in [-0.2, 0) is 0 Å². The highest BCUT2D eigenvalue weighted by atomic mass is 16.3. The fourth-order valence-electron chi connectivity index (χ4n) is 1.19. The normalized spacial score (nSPS) is 12.1. The van der Waals surface area contributed by atoms with E-state index in [4.69, 9.17) is 5.11 Å². The van der Waals surface area contributed by atoms with Crippen LogP contribution in [0, 0.1) is 0 Å². The van der Waals surface area contributed by atoms with E-state index in [2.05, 4.69) is 5.32 Å². The van der Waals surface area contributed by atoms with Crippen molar-refractivity contribution in [3.63, 3.8) is 0 Å². The monoisotopic (exact) mass is 209 g/mol. The molecule has 82 valence electrons. The molecule has 0 bridgehead atoms. The molecule has 0 fully saturated rings. The number of aliphatic hydroxyl groups excluding tert-OH is 1. The van der Waals surface area contributed by atoms with Gasteiger partial charge in [-0.1, -0.05) is 13.0 Å². The van der Waals surface area contributed by atoms with E-state index in [9.17, 15) is 9.90 Å². The second kappa shape index (κ2) is 5.36. The summed E-state index contributed by atoms with van der Waals surface area (Å²) < 4.78 is 0. The van der Waals surface area contributed by atoms with Gasteiger partial charge in [-0.2, -0.15) is 0 Å². The molecule has 0 heterocycles. The Morgan fingerprint density at radius 1 is 1.53 bits per heavy atom. The van der Waals surface area contributed by atoms with Crippen LogP contribution in [0.1, 0.15) is 23.7 Å². The molecule has 1 amide bonds. The maximum absolute atomic E-state index is 11.6. The van der Waals surface area contributed by atoms with Crippen LogP contribution in [0.2, 0.25) is 0 Å². The predicted molar refractivity (Wildman–Crippen MR) is 56.7 cm³/mol. The van der Waals surface area contributed by atoms with E-state index in [0.717, 1.165) is 0 Å². The molecular formula is C11H15NO3. The first-order chi connectivity index (χ1) is 7.17. The Balaban J connectivity index is 2.68. The summed E-state index contributed by atoms with van der Waals surface area (Å²) >= 11 is 0. The van der Waals surface area contributed by atoms with Gasteiger partial charge in [-0.15, -0.1) is 0 Å². The zero-order valence-electron chi connectivity index (χ0n) is 8.60. The summed E-state index contributed by atoms with van der Waals surface area (Å²) in [6.07, 6.45) is 0.668. The summed E-state index contributed by atoms with van der Waals surface area (Å²) in [7, 11) is 0. The average molecular weight is 209 g/mol. The number of hydrogen-bond donors (Lipinski definition) is 3. The zero-order valence-corrected chi connectivity index (χ0v) is 8.60. The minimum Gasteiger partial charge on any atom is -0.508 e. The van der Waals surface area contributed by atoms with Gasteiger partial charge in [-0.25, -0.2) is 0 Å². The molecule has 1 rings (SSSR count). The van der Waals surface area contributed by atoms with Gasteiger partial charge < -0.3 is 15.5 Å². The maximum atomic E-state index is 11.6. The average Bonchev–Trinajstić information content (AvgIpc) is 2.25. The second-order valence-electron chi connectivity index (χ2n) is 3.31. The molecule has 15 heavy (non-hydrogen) atoms. The van der Waals surface area contributed by atoms with Crippen LogP contribution in [0.5, 0.6) is 5.75 Å². The third-order valence-corrected chi connectivity index (χ3v) is 2.16. The molecule has 1 aromatic rings. The highest BCUT2D eigenvalue weighted by Gasteiger charge is 2.11. The van der Waals surface area contributed by atoms with E-state index in [-0.39, 0.29) is 24.3 Å². The number of benzene rings is 1. The Labute approximate surface area is 88.6 Å². The van der Waals surface area contributed by atoms with Crippen LogP contribution in [0.25, 0.3) is 0 Å². The number of amides is 1. The van der Waals surface area contributed by atoms with Gasteiger partial charge in [-0.3, -0.25) is 4.79 Å². The molecule has 0 saturated heterocycles. The van der Waals surface area contributed by atoms with E-state index in [1.54, 1.807) is 12.1 Å². The largest absolute Gasteiger partial charge is 0.508 e. The van der Waals surface area contributed by atoms with Crippen LogP contribution in [0.4, 0.5) is 0 Å². The van der Waals surface area contributed by atoms with Gasteiger partial charge in [0.05, 0.1) is 12.6 Å². The lowest BCUT2D eigenvalue weighted by molar-refractivity contribution is 0.0914. The van der Waals surface area contributed by atoms with E-state index in [1.165, 1.54) is 12.1 Å². The van der Waals surface area contributed by atoms with Gasteiger partial charge in [0, 0.05) is 5.56 Å². The summed E-state index contributed by atoms with van der Waals surface area (Å²) in [5, 5.41) is 20.8. The first kappa shape index (κ1) is 11.5.